The van der Waals surface area contributed by atoms with Crippen molar-refractivity contribution in [3.63, 3.8) is 0 Å². The van der Waals surface area contributed by atoms with E-state index in [9.17, 15) is 0 Å². The number of anilines is 3. The molecule has 20 heavy (non-hydrogen) atoms. The van der Waals surface area contributed by atoms with Gasteiger partial charge in [0.1, 0.15) is 11.6 Å². The quantitative estimate of drug-likeness (QED) is 0.745. The van der Waals surface area contributed by atoms with Gasteiger partial charge in [-0.3, -0.25) is 0 Å². The first kappa shape index (κ1) is 14.8. The summed E-state index contributed by atoms with van der Waals surface area (Å²) in [4.78, 5) is 8.73. The molecule has 0 bridgehead atoms. The topological polar surface area (TPSA) is 59.1 Å². The summed E-state index contributed by atoms with van der Waals surface area (Å²) in [6.07, 6.45) is 2.84. The summed E-state index contributed by atoms with van der Waals surface area (Å²) in [5.74, 6) is 2.27. The number of halogens is 1. The van der Waals surface area contributed by atoms with Crippen molar-refractivity contribution in [2.45, 2.75) is 13.3 Å². The van der Waals surface area contributed by atoms with Crippen LogP contribution in [-0.2, 0) is 0 Å². The summed E-state index contributed by atoms with van der Waals surface area (Å²) in [6.45, 7) is 2.97. The zero-order valence-corrected chi connectivity index (χ0v) is 13.6. The second-order valence-corrected chi connectivity index (χ2v) is 5.33. The van der Waals surface area contributed by atoms with Gasteiger partial charge < -0.3 is 15.4 Å². The summed E-state index contributed by atoms with van der Waals surface area (Å²) in [5.41, 5.74) is 0.962. The van der Waals surface area contributed by atoms with E-state index in [1.807, 2.05) is 24.3 Å². The average Bonchev–Trinajstić information content (AvgIpc) is 2.49. The lowest BCUT2D eigenvalue weighted by molar-refractivity contribution is 0.415. The van der Waals surface area contributed by atoms with Crippen LogP contribution in [0.5, 0.6) is 5.75 Å². The Morgan fingerprint density at radius 3 is 2.65 bits per heavy atom. The number of hydrogen-bond acceptors (Lipinski definition) is 5. The maximum atomic E-state index is 5.14. The highest BCUT2D eigenvalue weighted by molar-refractivity contribution is 14.1. The number of nitrogens with zero attached hydrogens (tertiary/aromatic N) is 2. The molecule has 0 aliphatic rings. The summed E-state index contributed by atoms with van der Waals surface area (Å²) in [6, 6.07) is 7.73. The lowest BCUT2D eigenvalue weighted by Crippen LogP contribution is -2.06. The van der Waals surface area contributed by atoms with Crippen molar-refractivity contribution in [3.05, 3.63) is 34.0 Å². The fourth-order valence-corrected chi connectivity index (χ4v) is 1.98. The molecule has 0 aliphatic heterocycles. The molecule has 0 saturated carbocycles. The summed E-state index contributed by atoms with van der Waals surface area (Å²) >= 11 is 2.22. The molecule has 5 nitrogen and oxygen atoms in total. The summed E-state index contributed by atoms with van der Waals surface area (Å²) in [7, 11) is 1.65. The van der Waals surface area contributed by atoms with Crippen LogP contribution in [0.3, 0.4) is 0 Å². The second kappa shape index (κ2) is 7.28. The van der Waals surface area contributed by atoms with E-state index in [1.54, 1.807) is 13.3 Å². The van der Waals surface area contributed by atoms with Crippen LogP contribution in [0.1, 0.15) is 13.3 Å². The molecule has 0 unspecified atom stereocenters. The molecular formula is C14H17IN4O. The Labute approximate surface area is 132 Å². The third kappa shape index (κ3) is 3.96. The lowest BCUT2D eigenvalue weighted by atomic mass is 10.3. The minimum Gasteiger partial charge on any atom is -0.497 e. The largest absolute Gasteiger partial charge is 0.497 e. The van der Waals surface area contributed by atoms with E-state index in [1.165, 1.54) is 0 Å². The van der Waals surface area contributed by atoms with E-state index in [0.29, 0.717) is 5.95 Å². The molecule has 2 aromatic rings. The van der Waals surface area contributed by atoms with Gasteiger partial charge in [-0.2, -0.15) is 4.98 Å². The van der Waals surface area contributed by atoms with Crippen LogP contribution in [0.4, 0.5) is 17.5 Å². The molecule has 0 aliphatic carbocycles. The van der Waals surface area contributed by atoms with Crippen molar-refractivity contribution in [1.82, 2.24) is 9.97 Å². The van der Waals surface area contributed by atoms with Gasteiger partial charge in [0, 0.05) is 18.4 Å². The molecule has 1 aromatic carbocycles. The van der Waals surface area contributed by atoms with Gasteiger partial charge in [-0.15, -0.1) is 0 Å². The maximum Gasteiger partial charge on any atom is 0.224 e. The molecule has 0 atom stereocenters. The molecule has 106 valence electrons. The first-order valence-electron chi connectivity index (χ1n) is 6.40. The van der Waals surface area contributed by atoms with E-state index < -0.39 is 0 Å². The van der Waals surface area contributed by atoms with Gasteiger partial charge in [-0.1, -0.05) is 6.92 Å². The normalized spacial score (nSPS) is 10.2. The molecule has 1 heterocycles. The third-order valence-corrected chi connectivity index (χ3v) is 3.42. The van der Waals surface area contributed by atoms with Gasteiger partial charge in [-0.05, 0) is 53.3 Å². The van der Waals surface area contributed by atoms with Gasteiger partial charge in [-0.25, -0.2) is 4.98 Å². The Hall–Kier alpha value is -1.57. The van der Waals surface area contributed by atoms with Gasteiger partial charge in [0.2, 0.25) is 5.95 Å². The number of nitrogens with one attached hydrogen (secondary N) is 2. The highest BCUT2D eigenvalue weighted by Crippen LogP contribution is 2.22. The van der Waals surface area contributed by atoms with Crippen molar-refractivity contribution in [2.24, 2.45) is 0 Å². The molecule has 0 radical (unpaired) electrons. The van der Waals surface area contributed by atoms with Crippen molar-refractivity contribution in [3.8, 4) is 5.75 Å². The zero-order chi connectivity index (χ0) is 14.4. The highest BCUT2D eigenvalue weighted by atomic mass is 127. The summed E-state index contributed by atoms with van der Waals surface area (Å²) in [5, 5.41) is 6.47. The standard InChI is InChI=1S/C14H17IN4O/c1-3-8-16-14-17-9-12(15)13(19-14)18-10-4-6-11(20-2)7-5-10/h4-7,9H,3,8H2,1-2H3,(H2,16,17,18,19). The predicted molar refractivity (Wildman–Crippen MR) is 89.8 cm³/mol. The SMILES string of the molecule is CCCNc1ncc(I)c(Nc2ccc(OC)cc2)n1. The van der Waals surface area contributed by atoms with Crippen LogP contribution in [0.15, 0.2) is 30.5 Å². The van der Waals surface area contributed by atoms with Crippen molar-refractivity contribution >= 4 is 40.0 Å². The Morgan fingerprint density at radius 1 is 1.25 bits per heavy atom. The van der Waals surface area contributed by atoms with Gasteiger partial charge >= 0.3 is 0 Å². The fourth-order valence-electron chi connectivity index (χ4n) is 1.59. The van der Waals surface area contributed by atoms with Crippen LogP contribution in [0, 0.1) is 3.57 Å². The van der Waals surface area contributed by atoms with Crippen molar-refractivity contribution in [2.75, 3.05) is 24.3 Å². The fraction of sp³-hybridized carbons (Fsp3) is 0.286. The van der Waals surface area contributed by atoms with E-state index >= 15 is 0 Å². The summed E-state index contributed by atoms with van der Waals surface area (Å²) < 4.78 is 6.11. The van der Waals surface area contributed by atoms with E-state index in [0.717, 1.165) is 33.8 Å². The predicted octanol–water partition coefficient (Wildman–Crippen LogP) is 3.66. The minimum absolute atomic E-state index is 0.642. The van der Waals surface area contributed by atoms with Gasteiger partial charge in [0.25, 0.3) is 0 Å². The number of benzene rings is 1. The molecule has 0 fully saturated rings. The van der Waals surface area contributed by atoms with Gasteiger partial charge in [0.05, 0.1) is 10.7 Å². The zero-order valence-electron chi connectivity index (χ0n) is 11.5. The van der Waals surface area contributed by atoms with Gasteiger partial charge in [0.15, 0.2) is 0 Å². The molecule has 2 rings (SSSR count). The third-order valence-electron chi connectivity index (χ3n) is 2.63. The van der Waals surface area contributed by atoms with Crippen LogP contribution in [0.25, 0.3) is 0 Å². The Morgan fingerprint density at radius 2 is 2.00 bits per heavy atom. The number of hydrogen-bond donors (Lipinski definition) is 2. The molecular weight excluding hydrogens is 367 g/mol. The molecule has 6 heteroatoms. The van der Waals surface area contributed by atoms with Crippen LogP contribution in [0.2, 0.25) is 0 Å². The molecule has 2 N–H and O–H groups in total. The van der Waals surface area contributed by atoms with E-state index in [4.69, 9.17) is 4.74 Å². The Kier molecular flexibility index (Phi) is 5.40. The Bertz CT molecular complexity index is 560. The first-order valence-corrected chi connectivity index (χ1v) is 7.48. The minimum atomic E-state index is 0.642. The maximum absolute atomic E-state index is 5.14. The van der Waals surface area contributed by atoms with Crippen LogP contribution < -0.4 is 15.4 Å². The lowest BCUT2D eigenvalue weighted by Gasteiger charge is -2.10. The van der Waals surface area contributed by atoms with Crippen LogP contribution >= 0.6 is 22.6 Å². The second-order valence-electron chi connectivity index (χ2n) is 4.17. The number of methoxy groups -OCH3 is 1. The van der Waals surface area contributed by atoms with Crippen LogP contribution in [-0.4, -0.2) is 23.6 Å². The van der Waals surface area contributed by atoms with E-state index in [-0.39, 0.29) is 0 Å². The average molecular weight is 384 g/mol. The Balaban J connectivity index is 2.14. The molecule has 0 amide bonds. The first-order chi connectivity index (χ1) is 9.72. The molecule has 0 saturated heterocycles. The molecule has 0 spiro atoms. The van der Waals surface area contributed by atoms with Crippen molar-refractivity contribution in [1.29, 1.82) is 0 Å². The van der Waals surface area contributed by atoms with E-state index in [2.05, 4.69) is 50.1 Å². The number of ether oxygens (including phenoxy) is 1. The molecule has 1 aromatic heterocycles. The highest BCUT2D eigenvalue weighted by Gasteiger charge is 2.05. The monoisotopic (exact) mass is 384 g/mol. The smallest absolute Gasteiger partial charge is 0.224 e. The number of aromatic nitrogens is 2. The number of rotatable bonds is 6. The van der Waals surface area contributed by atoms with Crippen molar-refractivity contribution < 1.29 is 4.74 Å².